The van der Waals surface area contributed by atoms with Gasteiger partial charge in [0.25, 0.3) is 0 Å². The third kappa shape index (κ3) is 9.76. The van der Waals surface area contributed by atoms with Gasteiger partial charge in [-0.2, -0.15) is 0 Å². The largest absolute Gasteiger partial charge is 0.464 e. The maximum absolute atomic E-state index is 12.5. The van der Waals surface area contributed by atoms with Gasteiger partial charge in [0.1, 0.15) is 5.54 Å². The topological polar surface area (TPSA) is 79.9 Å². The third-order valence-corrected chi connectivity index (χ3v) is 6.18. The fourth-order valence-corrected chi connectivity index (χ4v) is 3.59. The van der Waals surface area contributed by atoms with Crippen molar-refractivity contribution in [1.29, 1.82) is 0 Å². The van der Waals surface area contributed by atoms with Crippen molar-refractivity contribution in [2.75, 3.05) is 46.3 Å². The Morgan fingerprint density at radius 1 is 1.09 bits per heavy atom. The highest BCUT2D eigenvalue weighted by atomic mass is 16.5. The molecule has 0 heterocycles. The number of hydrogen-bond donors (Lipinski definition) is 2. The van der Waals surface area contributed by atoms with Crippen LogP contribution >= 0.6 is 0 Å². The Morgan fingerprint density at radius 3 is 2.23 bits per heavy atom. The molecule has 1 aromatic rings. The van der Waals surface area contributed by atoms with Gasteiger partial charge in [-0.25, -0.2) is 9.59 Å². The first-order valence-electron chi connectivity index (χ1n) is 12.6. The molecule has 0 aliphatic heterocycles. The number of esters is 2. The second-order valence-corrected chi connectivity index (χ2v) is 8.85. The van der Waals surface area contributed by atoms with Crippen molar-refractivity contribution >= 4 is 17.6 Å². The number of allylic oxidation sites excluding steroid dienone is 1. The third-order valence-electron chi connectivity index (χ3n) is 6.18. The molecular weight excluding hydrogens is 442 g/mol. The highest BCUT2D eigenvalue weighted by Gasteiger charge is 2.36. The molecule has 0 saturated carbocycles. The number of anilines is 1. The minimum Gasteiger partial charge on any atom is -0.464 e. The lowest BCUT2D eigenvalue weighted by Gasteiger charge is -2.30. The van der Waals surface area contributed by atoms with Gasteiger partial charge in [0.2, 0.25) is 0 Å². The minimum absolute atomic E-state index is 0.178. The van der Waals surface area contributed by atoms with Crippen molar-refractivity contribution in [3.63, 3.8) is 0 Å². The second-order valence-electron chi connectivity index (χ2n) is 8.85. The van der Waals surface area contributed by atoms with Crippen LogP contribution in [-0.2, 0) is 14.3 Å². The number of carbonyl (C=O) groups is 2. The Kier molecular flexibility index (Phi) is 13.8. The first-order valence-corrected chi connectivity index (χ1v) is 12.6. The number of rotatable bonds is 12. The summed E-state index contributed by atoms with van der Waals surface area (Å²) in [6, 6.07) is 7.33. The van der Waals surface area contributed by atoms with Gasteiger partial charge < -0.3 is 25.0 Å². The lowest BCUT2D eigenvalue weighted by Crippen LogP contribution is -2.50. The molecule has 7 heteroatoms. The molecule has 35 heavy (non-hydrogen) atoms. The number of ether oxygens (including phenoxy) is 2. The first kappa shape index (κ1) is 30.2. The van der Waals surface area contributed by atoms with Gasteiger partial charge >= 0.3 is 11.9 Å². The number of carbonyl (C=O) groups excluding carboxylic acids is 2. The number of nitrogens with one attached hydrogen (secondary N) is 2. The van der Waals surface area contributed by atoms with Crippen molar-refractivity contribution < 1.29 is 19.1 Å². The molecule has 0 aromatic heterocycles. The van der Waals surface area contributed by atoms with Gasteiger partial charge in [0.15, 0.2) is 0 Å². The lowest BCUT2D eigenvalue weighted by atomic mass is 9.90. The predicted molar refractivity (Wildman–Crippen MR) is 144 cm³/mol. The quantitative estimate of drug-likeness (QED) is 0.414. The van der Waals surface area contributed by atoms with E-state index in [1.165, 1.54) is 12.8 Å². The average molecular weight is 488 g/mol. The van der Waals surface area contributed by atoms with Crippen LogP contribution in [0.3, 0.4) is 0 Å². The van der Waals surface area contributed by atoms with Crippen LogP contribution in [0.5, 0.6) is 0 Å². The fourth-order valence-electron chi connectivity index (χ4n) is 3.59. The van der Waals surface area contributed by atoms with Crippen LogP contribution < -0.4 is 15.5 Å². The monoisotopic (exact) mass is 487 g/mol. The van der Waals surface area contributed by atoms with Gasteiger partial charge in [0.05, 0.1) is 18.8 Å². The zero-order chi connectivity index (χ0) is 26.3. The molecule has 0 amide bonds. The Morgan fingerprint density at radius 2 is 1.77 bits per heavy atom. The molecule has 196 valence electrons. The van der Waals surface area contributed by atoms with Gasteiger partial charge in [-0.3, -0.25) is 0 Å². The molecule has 0 spiro atoms. The van der Waals surface area contributed by atoms with Gasteiger partial charge in [-0.05, 0) is 56.7 Å². The summed E-state index contributed by atoms with van der Waals surface area (Å²) in [5.74, 6) is 0.0270. The van der Waals surface area contributed by atoms with Crippen LogP contribution in [0, 0.1) is 5.92 Å². The summed E-state index contributed by atoms with van der Waals surface area (Å²) >= 11 is 0. The zero-order valence-corrected chi connectivity index (χ0v) is 22.6. The molecule has 0 bridgehead atoms. The molecule has 7 nitrogen and oxygen atoms in total. The van der Waals surface area contributed by atoms with Crippen LogP contribution in [0.15, 0.2) is 48.2 Å². The average Bonchev–Trinajstić information content (AvgIpc) is 2.89. The molecule has 2 atom stereocenters. The van der Waals surface area contributed by atoms with Crippen molar-refractivity contribution in [3.05, 3.63) is 53.8 Å². The molecule has 0 radical (unpaired) electrons. The van der Waals surface area contributed by atoms with Crippen LogP contribution in [0.1, 0.15) is 63.2 Å². The summed E-state index contributed by atoms with van der Waals surface area (Å²) in [4.78, 5) is 25.7. The van der Waals surface area contributed by atoms with E-state index < -0.39 is 5.54 Å². The van der Waals surface area contributed by atoms with Crippen LogP contribution in [0.2, 0.25) is 0 Å². The summed E-state index contributed by atoms with van der Waals surface area (Å²) in [6.07, 6.45) is 11.0. The molecular formula is C28H45N3O4. The summed E-state index contributed by atoms with van der Waals surface area (Å²) in [6.45, 7) is 7.08. The highest BCUT2D eigenvalue weighted by Crippen LogP contribution is 2.23. The molecule has 2 N–H and O–H groups in total. The summed E-state index contributed by atoms with van der Waals surface area (Å²) < 4.78 is 10.5. The Labute approximate surface area is 211 Å². The Balaban J connectivity index is 0.000000379. The number of hydrogen-bond acceptors (Lipinski definition) is 7. The molecule has 1 aromatic carbocycles. The van der Waals surface area contributed by atoms with E-state index in [1.54, 1.807) is 26.1 Å². The second kappa shape index (κ2) is 16.0. The Hall–Kier alpha value is -2.80. The van der Waals surface area contributed by atoms with E-state index >= 15 is 0 Å². The predicted octanol–water partition coefficient (Wildman–Crippen LogP) is 4.70. The van der Waals surface area contributed by atoms with E-state index in [0.717, 1.165) is 24.2 Å². The standard InChI is InChI=1S/C17H30N2O2.C11H15NO2/c1-5-7-8-14(6-2)13-21-16(20)17(19-4)11-9-15(18-3)10-12-17;1-4-14-11(13)9-5-7-10(8-6-9)12(2)3/h9-11,14,18-19H,5-8,12-13H2,1-4H3;5-8H,4H2,1-3H3. The van der Waals surface area contributed by atoms with Crippen LogP contribution in [0.4, 0.5) is 5.69 Å². The number of likely N-dealkylation sites (N-methyl/N-ethyl adjacent to an activating group) is 2. The van der Waals surface area contributed by atoms with Gasteiger partial charge in [-0.15, -0.1) is 0 Å². The van der Waals surface area contributed by atoms with Crippen LogP contribution in [-0.4, -0.2) is 58.9 Å². The summed E-state index contributed by atoms with van der Waals surface area (Å²) in [5, 5.41) is 6.19. The molecule has 1 aliphatic carbocycles. The lowest BCUT2D eigenvalue weighted by molar-refractivity contribution is -0.150. The van der Waals surface area contributed by atoms with Crippen molar-refractivity contribution in [2.45, 2.75) is 58.4 Å². The summed E-state index contributed by atoms with van der Waals surface area (Å²) in [5.41, 5.74) is 1.97. The molecule has 0 saturated heterocycles. The maximum Gasteiger partial charge on any atom is 0.338 e. The SMILES string of the molecule is CCCCC(CC)COC(=O)C1(NC)C=CC(NC)=CC1.CCOC(=O)c1ccc(N(C)C)cc1. The van der Waals surface area contributed by atoms with Crippen molar-refractivity contribution in [2.24, 2.45) is 5.92 Å². The number of unbranched alkanes of at least 4 members (excludes halogenated alkanes) is 1. The number of nitrogens with zero attached hydrogens (tertiary/aromatic N) is 1. The van der Waals surface area contributed by atoms with E-state index in [2.05, 4.69) is 24.5 Å². The fraction of sp³-hybridized carbons (Fsp3) is 0.571. The molecule has 0 fully saturated rings. The van der Waals surface area contributed by atoms with Gasteiger partial charge in [-0.1, -0.05) is 45.3 Å². The van der Waals surface area contributed by atoms with Crippen molar-refractivity contribution in [1.82, 2.24) is 10.6 Å². The minimum atomic E-state index is -0.719. The Bertz CT molecular complexity index is 833. The van der Waals surface area contributed by atoms with E-state index in [4.69, 9.17) is 9.47 Å². The molecule has 2 rings (SSSR count). The van der Waals surface area contributed by atoms with Crippen LogP contribution in [0.25, 0.3) is 0 Å². The van der Waals surface area contributed by atoms with Crippen molar-refractivity contribution in [3.8, 4) is 0 Å². The summed E-state index contributed by atoms with van der Waals surface area (Å²) in [7, 11) is 7.59. The van der Waals surface area contributed by atoms with Gasteiger partial charge in [0, 0.05) is 38.9 Å². The van der Waals surface area contributed by atoms with E-state index in [0.29, 0.717) is 31.1 Å². The first-order chi connectivity index (χ1) is 16.8. The highest BCUT2D eigenvalue weighted by molar-refractivity contribution is 5.89. The van der Waals surface area contributed by atoms with E-state index in [-0.39, 0.29) is 11.9 Å². The number of benzene rings is 1. The maximum atomic E-state index is 12.5. The smallest absolute Gasteiger partial charge is 0.338 e. The van der Waals surface area contributed by atoms with E-state index in [1.807, 2.05) is 56.4 Å². The van der Waals surface area contributed by atoms with E-state index in [9.17, 15) is 9.59 Å². The molecule has 2 unspecified atom stereocenters. The normalized spacial score (nSPS) is 17.4. The molecule has 1 aliphatic rings. The zero-order valence-electron chi connectivity index (χ0n) is 22.6.